The second kappa shape index (κ2) is 4.86. The number of nitrogens with zero attached hydrogens (tertiary/aromatic N) is 1. The molecule has 3 nitrogen and oxygen atoms in total. The van der Waals surface area contributed by atoms with Gasteiger partial charge in [-0.3, -0.25) is 4.79 Å². The molecule has 92 valence electrons. The molecular weight excluding hydrogens is 226 g/mol. The molecule has 0 bridgehead atoms. The zero-order valence-corrected chi connectivity index (χ0v) is 10.1. The largest absolute Gasteiger partial charge is 0.381 e. The molecule has 0 radical (unpaired) electrons. The van der Waals surface area contributed by atoms with Crippen molar-refractivity contribution in [3.8, 4) is 0 Å². The van der Waals surface area contributed by atoms with Gasteiger partial charge < -0.3 is 4.74 Å². The fourth-order valence-corrected chi connectivity index (χ4v) is 2.37. The zero-order valence-electron chi connectivity index (χ0n) is 10.1. The van der Waals surface area contributed by atoms with Gasteiger partial charge in [-0.2, -0.15) is 0 Å². The summed E-state index contributed by atoms with van der Waals surface area (Å²) in [4.78, 5) is 16.8. The van der Waals surface area contributed by atoms with Crippen molar-refractivity contribution < 1.29 is 9.53 Å². The smallest absolute Gasteiger partial charge is 0.184 e. The summed E-state index contributed by atoms with van der Waals surface area (Å²) in [5.41, 5.74) is 1.47. The highest BCUT2D eigenvalue weighted by atomic mass is 16.5. The van der Waals surface area contributed by atoms with Crippen LogP contribution >= 0.6 is 0 Å². The van der Waals surface area contributed by atoms with Crippen LogP contribution in [-0.2, 0) is 4.74 Å². The van der Waals surface area contributed by atoms with E-state index < -0.39 is 0 Å². The van der Waals surface area contributed by atoms with Gasteiger partial charge in [0.05, 0.1) is 5.52 Å². The molecule has 1 aliphatic rings. The predicted molar refractivity (Wildman–Crippen MR) is 69.6 cm³/mol. The molecule has 0 saturated carbocycles. The van der Waals surface area contributed by atoms with Crippen molar-refractivity contribution in [3.63, 3.8) is 0 Å². The van der Waals surface area contributed by atoms with Crippen molar-refractivity contribution in [1.82, 2.24) is 4.98 Å². The second-order valence-corrected chi connectivity index (χ2v) is 4.64. The lowest BCUT2D eigenvalue weighted by atomic mass is 9.93. The van der Waals surface area contributed by atoms with Crippen LogP contribution in [0.1, 0.15) is 23.3 Å². The summed E-state index contributed by atoms with van der Waals surface area (Å²) in [5.74, 6) is 0.233. The Bertz CT molecular complexity index is 573. The molecule has 0 atom stereocenters. The van der Waals surface area contributed by atoms with Crippen molar-refractivity contribution in [2.45, 2.75) is 12.8 Å². The summed E-state index contributed by atoms with van der Waals surface area (Å²) in [6.45, 7) is 1.37. The Kier molecular flexibility index (Phi) is 3.07. The number of ketones is 1. The van der Waals surface area contributed by atoms with E-state index in [2.05, 4.69) is 4.98 Å². The lowest BCUT2D eigenvalue weighted by molar-refractivity contribution is 0.0542. The molecule has 1 fully saturated rings. The minimum Gasteiger partial charge on any atom is -0.381 e. The highest BCUT2D eigenvalue weighted by Gasteiger charge is 2.23. The molecule has 0 spiro atoms. The molecule has 0 amide bonds. The van der Waals surface area contributed by atoms with Crippen LogP contribution in [0.3, 0.4) is 0 Å². The average Bonchev–Trinajstić information content (AvgIpc) is 2.47. The van der Waals surface area contributed by atoms with Gasteiger partial charge in [-0.15, -0.1) is 0 Å². The van der Waals surface area contributed by atoms with Gasteiger partial charge in [0.1, 0.15) is 5.69 Å². The van der Waals surface area contributed by atoms with Gasteiger partial charge in [0.15, 0.2) is 5.78 Å². The van der Waals surface area contributed by atoms with Crippen LogP contribution in [0.2, 0.25) is 0 Å². The molecule has 1 aliphatic heterocycles. The van der Waals surface area contributed by atoms with Gasteiger partial charge >= 0.3 is 0 Å². The van der Waals surface area contributed by atoms with E-state index >= 15 is 0 Å². The minimum absolute atomic E-state index is 0.0763. The highest BCUT2D eigenvalue weighted by molar-refractivity contribution is 5.98. The minimum atomic E-state index is 0.0763. The summed E-state index contributed by atoms with van der Waals surface area (Å²) in [7, 11) is 0. The van der Waals surface area contributed by atoms with E-state index in [1.807, 2.05) is 36.4 Å². The lowest BCUT2D eigenvalue weighted by Crippen LogP contribution is -2.24. The number of ether oxygens (including phenoxy) is 1. The topological polar surface area (TPSA) is 39.2 Å². The first-order chi connectivity index (χ1) is 8.84. The van der Waals surface area contributed by atoms with Crippen molar-refractivity contribution in [2.24, 2.45) is 5.92 Å². The molecule has 0 unspecified atom stereocenters. The van der Waals surface area contributed by atoms with Crippen molar-refractivity contribution in [1.29, 1.82) is 0 Å². The SMILES string of the molecule is O=C(c1ccc2ccccc2n1)C1CCOCC1. The second-order valence-electron chi connectivity index (χ2n) is 4.64. The van der Waals surface area contributed by atoms with Gasteiger partial charge in [-0.25, -0.2) is 4.98 Å². The summed E-state index contributed by atoms with van der Waals surface area (Å²) < 4.78 is 5.28. The van der Waals surface area contributed by atoms with Crippen LogP contribution in [0, 0.1) is 5.92 Å². The number of fused-ring (bicyclic) bond motifs is 1. The Morgan fingerprint density at radius 1 is 1.11 bits per heavy atom. The first kappa shape index (κ1) is 11.4. The maximum Gasteiger partial charge on any atom is 0.184 e. The Morgan fingerprint density at radius 3 is 2.72 bits per heavy atom. The fraction of sp³-hybridized carbons (Fsp3) is 0.333. The van der Waals surface area contributed by atoms with E-state index in [0.717, 1.165) is 23.7 Å². The number of hydrogen-bond acceptors (Lipinski definition) is 3. The monoisotopic (exact) mass is 241 g/mol. The first-order valence-electron chi connectivity index (χ1n) is 6.32. The maximum absolute atomic E-state index is 12.3. The lowest BCUT2D eigenvalue weighted by Gasteiger charge is -2.20. The molecular formula is C15H15NO2. The maximum atomic E-state index is 12.3. The van der Waals surface area contributed by atoms with E-state index in [0.29, 0.717) is 18.9 Å². The third-order valence-electron chi connectivity index (χ3n) is 3.44. The number of hydrogen-bond donors (Lipinski definition) is 0. The van der Waals surface area contributed by atoms with E-state index in [-0.39, 0.29) is 11.7 Å². The van der Waals surface area contributed by atoms with Crippen LogP contribution < -0.4 is 0 Å². The third kappa shape index (κ3) is 2.14. The molecule has 2 aromatic rings. The number of pyridine rings is 1. The first-order valence-corrected chi connectivity index (χ1v) is 6.32. The quantitative estimate of drug-likeness (QED) is 0.759. The molecule has 1 saturated heterocycles. The Balaban J connectivity index is 1.91. The summed E-state index contributed by atoms with van der Waals surface area (Å²) in [5, 5.41) is 1.07. The van der Waals surface area contributed by atoms with E-state index in [9.17, 15) is 4.79 Å². The normalized spacial score (nSPS) is 16.9. The van der Waals surface area contributed by atoms with Crippen LogP contribution in [0.15, 0.2) is 36.4 Å². The number of carbonyl (C=O) groups is 1. The average molecular weight is 241 g/mol. The standard InChI is InChI=1S/C15H15NO2/c17-15(12-7-9-18-10-8-12)14-6-5-11-3-1-2-4-13(11)16-14/h1-6,12H,7-10H2. The Morgan fingerprint density at radius 2 is 1.89 bits per heavy atom. The molecule has 1 aromatic heterocycles. The van der Waals surface area contributed by atoms with Crippen LogP contribution in [0.5, 0.6) is 0 Å². The van der Waals surface area contributed by atoms with Gasteiger partial charge in [-0.05, 0) is 25.0 Å². The molecule has 0 N–H and O–H groups in total. The highest BCUT2D eigenvalue weighted by Crippen LogP contribution is 2.20. The van der Waals surface area contributed by atoms with E-state index in [1.165, 1.54) is 0 Å². The van der Waals surface area contributed by atoms with Crippen molar-refractivity contribution in [2.75, 3.05) is 13.2 Å². The number of Topliss-reactive ketones (excluding diaryl/α,β-unsaturated/α-hetero) is 1. The number of para-hydroxylation sites is 1. The number of benzene rings is 1. The van der Waals surface area contributed by atoms with Gasteiger partial charge in [0.25, 0.3) is 0 Å². The van der Waals surface area contributed by atoms with Gasteiger partial charge in [0, 0.05) is 24.5 Å². The van der Waals surface area contributed by atoms with Gasteiger partial charge in [0.2, 0.25) is 0 Å². The van der Waals surface area contributed by atoms with Crippen LogP contribution in [-0.4, -0.2) is 24.0 Å². The molecule has 3 heteroatoms. The summed E-state index contributed by atoms with van der Waals surface area (Å²) in [6, 6.07) is 11.7. The Labute approximate surface area is 106 Å². The number of rotatable bonds is 2. The third-order valence-corrected chi connectivity index (χ3v) is 3.44. The predicted octanol–water partition coefficient (Wildman–Crippen LogP) is 2.84. The van der Waals surface area contributed by atoms with Gasteiger partial charge in [-0.1, -0.05) is 24.3 Å². The molecule has 1 aromatic carbocycles. The molecule has 0 aliphatic carbocycles. The molecule has 3 rings (SSSR count). The molecule has 2 heterocycles. The van der Waals surface area contributed by atoms with Crippen LogP contribution in [0.25, 0.3) is 10.9 Å². The number of carbonyl (C=O) groups excluding carboxylic acids is 1. The fourth-order valence-electron chi connectivity index (χ4n) is 2.37. The Hall–Kier alpha value is -1.74. The van der Waals surface area contributed by atoms with Crippen LogP contribution in [0.4, 0.5) is 0 Å². The van der Waals surface area contributed by atoms with Crippen molar-refractivity contribution in [3.05, 3.63) is 42.1 Å². The summed E-state index contributed by atoms with van der Waals surface area (Å²) in [6.07, 6.45) is 1.63. The number of aromatic nitrogens is 1. The molecule has 18 heavy (non-hydrogen) atoms. The van der Waals surface area contributed by atoms with E-state index in [4.69, 9.17) is 4.74 Å². The summed E-state index contributed by atoms with van der Waals surface area (Å²) >= 11 is 0. The van der Waals surface area contributed by atoms with E-state index in [1.54, 1.807) is 0 Å². The zero-order chi connectivity index (χ0) is 12.4. The van der Waals surface area contributed by atoms with Crippen molar-refractivity contribution >= 4 is 16.7 Å².